The molecule has 1 heterocycles. The lowest BCUT2D eigenvalue weighted by atomic mass is 9.62. The molecule has 0 radical (unpaired) electrons. The molecule has 0 aliphatic heterocycles. The zero-order chi connectivity index (χ0) is 17.6. The van der Waals surface area contributed by atoms with Gasteiger partial charge in [-0.25, -0.2) is 5.10 Å². The van der Waals surface area contributed by atoms with Crippen LogP contribution in [0.25, 0.3) is 0 Å². The average Bonchev–Trinajstić information content (AvgIpc) is 2.53. The number of H-pyrrole nitrogens is 1. The van der Waals surface area contributed by atoms with Crippen molar-refractivity contribution in [2.75, 3.05) is 0 Å². The third kappa shape index (κ3) is 4.87. The number of aromatic amines is 1. The van der Waals surface area contributed by atoms with Crippen LogP contribution in [0.2, 0.25) is 0 Å². The van der Waals surface area contributed by atoms with Gasteiger partial charge in [-0.15, -0.1) is 34.8 Å². The fourth-order valence-electron chi connectivity index (χ4n) is 3.74. The maximum absolute atomic E-state index is 11.4. The SMILES string of the molecule is CCC(CC)C(C)(c1ccc(=O)[nH]n1)C(CC)CC(Cl)C(Cl)Cl. The summed E-state index contributed by atoms with van der Waals surface area (Å²) in [6.07, 6.45) is 3.71. The molecule has 23 heavy (non-hydrogen) atoms. The van der Waals surface area contributed by atoms with Crippen LogP contribution >= 0.6 is 34.8 Å². The number of hydrogen-bond acceptors (Lipinski definition) is 2. The first-order chi connectivity index (χ1) is 10.8. The molecule has 6 heteroatoms. The van der Waals surface area contributed by atoms with Gasteiger partial charge in [0.05, 0.1) is 11.1 Å². The normalized spacial score (nSPS) is 17.3. The van der Waals surface area contributed by atoms with E-state index in [2.05, 4.69) is 37.9 Å². The number of nitrogens with one attached hydrogen (secondary N) is 1. The molecule has 1 aromatic heterocycles. The van der Waals surface area contributed by atoms with Crippen LogP contribution in [0.15, 0.2) is 16.9 Å². The Labute approximate surface area is 154 Å². The number of aromatic nitrogens is 2. The molecular weight excluding hydrogens is 355 g/mol. The van der Waals surface area contributed by atoms with Crippen LogP contribution in [0.5, 0.6) is 0 Å². The molecule has 0 bridgehead atoms. The van der Waals surface area contributed by atoms with Gasteiger partial charge in [-0.3, -0.25) is 4.79 Å². The lowest BCUT2D eigenvalue weighted by molar-refractivity contribution is 0.155. The van der Waals surface area contributed by atoms with E-state index in [-0.39, 0.29) is 22.3 Å². The van der Waals surface area contributed by atoms with Crippen LogP contribution in [-0.4, -0.2) is 20.4 Å². The van der Waals surface area contributed by atoms with E-state index < -0.39 is 4.84 Å². The van der Waals surface area contributed by atoms with Gasteiger partial charge < -0.3 is 0 Å². The second kappa shape index (κ2) is 9.29. The van der Waals surface area contributed by atoms with Gasteiger partial charge in [0, 0.05) is 11.5 Å². The van der Waals surface area contributed by atoms with Crippen LogP contribution in [0.3, 0.4) is 0 Å². The Morgan fingerprint density at radius 1 is 1.09 bits per heavy atom. The standard InChI is InChI=1S/C17H27Cl3N2O/c1-5-11(6-2)17(4,14-8-9-15(23)22-21-14)12(7-3)10-13(18)16(19)20/h8-9,11-13,16H,5-7,10H2,1-4H3,(H,22,23). The Morgan fingerprint density at radius 2 is 1.65 bits per heavy atom. The van der Waals surface area contributed by atoms with Crippen molar-refractivity contribution >= 4 is 34.8 Å². The largest absolute Gasteiger partial charge is 0.268 e. The molecule has 3 unspecified atom stereocenters. The highest BCUT2D eigenvalue weighted by Gasteiger charge is 2.42. The highest BCUT2D eigenvalue weighted by Crippen LogP contribution is 2.45. The number of nitrogens with zero attached hydrogens (tertiary/aromatic N) is 1. The van der Waals surface area contributed by atoms with Crippen LogP contribution < -0.4 is 5.56 Å². The Balaban J connectivity index is 3.31. The van der Waals surface area contributed by atoms with Crippen molar-refractivity contribution in [1.82, 2.24) is 10.2 Å². The summed E-state index contributed by atoms with van der Waals surface area (Å²) in [5, 5.41) is 6.61. The van der Waals surface area contributed by atoms with Gasteiger partial charge in [0.25, 0.3) is 5.56 Å². The van der Waals surface area contributed by atoms with Crippen LogP contribution in [0.4, 0.5) is 0 Å². The van der Waals surface area contributed by atoms with Crippen molar-refractivity contribution in [3.8, 4) is 0 Å². The fourth-order valence-corrected chi connectivity index (χ4v) is 4.16. The second-order valence-corrected chi connectivity index (χ2v) is 8.02. The van der Waals surface area contributed by atoms with Crippen molar-refractivity contribution in [1.29, 1.82) is 0 Å². The zero-order valence-corrected chi connectivity index (χ0v) is 16.5. The van der Waals surface area contributed by atoms with E-state index in [1.165, 1.54) is 0 Å². The number of alkyl halides is 3. The van der Waals surface area contributed by atoms with E-state index in [0.29, 0.717) is 12.3 Å². The minimum Gasteiger partial charge on any atom is -0.268 e. The summed E-state index contributed by atoms with van der Waals surface area (Å²) in [5.41, 5.74) is 0.519. The summed E-state index contributed by atoms with van der Waals surface area (Å²) in [5.74, 6) is 0.701. The first-order valence-corrected chi connectivity index (χ1v) is 9.60. The van der Waals surface area contributed by atoms with Gasteiger partial charge in [0.1, 0.15) is 4.84 Å². The first-order valence-electron chi connectivity index (χ1n) is 8.29. The quantitative estimate of drug-likeness (QED) is 0.591. The monoisotopic (exact) mass is 380 g/mol. The molecule has 0 aliphatic rings. The number of hydrogen-bond donors (Lipinski definition) is 1. The molecule has 0 saturated heterocycles. The lowest BCUT2D eigenvalue weighted by Gasteiger charge is -2.43. The van der Waals surface area contributed by atoms with Crippen LogP contribution in [0, 0.1) is 11.8 Å². The molecule has 0 aliphatic carbocycles. The van der Waals surface area contributed by atoms with Gasteiger partial charge in [0.2, 0.25) is 0 Å². The van der Waals surface area contributed by atoms with E-state index in [1.807, 2.05) is 6.07 Å². The van der Waals surface area contributed by atoms with Crippen molar-refractivity contribution in [2.24, 2.45) is 11.8 Å². The van der Waals surface area contributed by atoms with Gasteiger partial charge in [-0.05, 0) is 24.3 Å². The fraction of sp³-hybridized carbons (Fsp3) is 0.765. The molecule has 1 N–H and O–H groups in total. The molecular formula is C17H27Cl3N2O. The second-order valence-electron chi connectivity index (χ2n) is 6.29. The number of rotatable bonds is 9. The maximum Gasteiger partial charge on any atom is 0.264 e. The molecule has 1 aromatic rings. The Bertz CT molecular complexity index is 510. The van der Waals surface area contributed by atoms with E-state index in [4.69, 9.17) is 34.8 Å². The number of halogens is 3. The van der Waals surface area contributed by atoms with Gasteiger partial charge in [-0.2, -0.15) is 5.10 Å². The summed E-state index contributed by atoms with van der Waals surface area (Å²) in [7, 11) is 0. The minimum atomic E-state index is -0.597. The molecule has 3 nitrogen and oxygen atoms in total. The third-order valence-electron chi connectivity index (χ3n) is 5.19. The Kier molecular flexibility index (Phi) is 8.40. The predicted octanol–water partition coefficient (Wildman–Crippen LogP) is 5.29. The smallest absolute Gasteiger partial charge is 0.264 e. The van der Waals surface area contributed by atoms with Crippen molar-refractivity contribution in [3.63, 3.8) is 0 Å². The molecule has 132 valence electrons. The highest BCUT2D eigenvalue weighted by molar-refractivity contribution is 6.48. The summed E-state index contributed by atoms with van der Waals surface area (Å²) in [4.78, 5) is 10.8. The van der Waals surface area contributed by atoms with E-state index in [1.54, 1.807) is 6.07 Å². The van der Waals surface area contributed by atoms with Crippen molar-refractivity contribution in [3.05, 3.63) is 28.2 Å². The molecule has 0 fully saturated rings. The zero-order valence-electron chi connectivity index (χ0n) is 14.3. The third-order valence-corrected chi connectivity index (χ3v) is 6.49. The lowest BCUT2D eigenvalue weighted by Crippen LogP contribution is -2.42. The van der Waals surface area contributed by atoms with Gasteiger partial charge in [0.15, 0.2) is 0 Å². The molecule has 0 saturated carbocycles. The minimum absolute atomic E-state index is 0.189. The molecule has 0 spiro atoms. The van der Waals surface area contributed by atoms with Gasteiger partial charge in [-0.1, -0.05) is 47.0 Å². The van der Waals surface area contributed by atoms with Crippen molar-refractivity contribution in [2.45, 2.75) is 69.0 Å². The summed E-state index contributed by atoms with van der Waals surface area (Å²) in [6.45, 7) is 8.75. The summed E-state index contributed by atoms with van der Waals surface area (Å²) in [6, 6.07) is 3.38. The molecule has 3 atom stereocenters. The topological polar surface area (TPSA) is 45.8 Å². The summed E-state index contributed by atoms with van der Waals surface area (Å²) < 4.78 is 0. The van der Waals surface area contributed by atoms with E-state index >= 15 is 0 Å². The molecule has 0 aromatic carbocycles. The van der Waals surface area contributed by atoms with Crippen LogP contribution in [-0.2, 0) is 5.41 Å². The maximum atomic E-state index is 11.4. The van der Waals surface area contributed by atoms with E-state index in [0.717, 1.165) is 25.0 Å². The molecule has 1 rings (SSSR count). The van der Waals surface area contributed by atoms with Crippen LogP contribution in [0.1, 0.15) is 59.1 Å². The predicted molar refractivity (Wildman–Crippen MR) is 99.8 cm³/mol. The first kappa shape index (κ1) is 20.8. The Morgan fingerprint density at radius 3 is 2.04 bits per heavy atom. The molecule has 0 amide bonds. The summed E-state index contributed by atoms with van der Waals surface area (Å²) >= 11 is 18.3. The Hall–Kier alpha value is -0.250. The highest BCUT2D eigenvalue weighted by atomic mass is 35.5. The van der Waals surface area contributed by atoms with E-state index in [9.17, 15) is 4.79 Å². The van der Waals surface area contributed by atoms with Gasteiger partial charge >= 0.3 is 0 Å². The van der Waals surface area contributed by atoms with Crippen molar-refractivity contribution < 1.29 is 0 Å². The average molecular weight is 382 g/mol.